The first-order chi connectivity index (χ1) is 15.7. The van der Waals surface area contributed by atoms with Crippen LogP contribution in [0.15, 0.2) is 84.0 Å². The van der Waals surface area contributed by atoms with Gasteiger partial charge in [-0.25, -0.2) is 0 Å². The van der Waals surface area contributed by atoms with Crippen LogP contribution in [0, 0.1) is 11.3 Å². The quantitative estimate of drug-likeness (QED) is 0.228. The van der Waals surface area contributed by atoms with Crippen LogP contribution in [0.5, 0.6) is 11.5 Å². The zero-order chi connectivity index (χ0) is 24.2. The van der Waals surface area contributed by atoms with Crippen molar-refractivity contribution in [2.75, 3.05) is 0 Å². The van der Waals surface area contributed by atoms with E-state index in [2.05, 4.69) is 45.9 Å². The number of nitrogens with one attached hydrogen (secondary N) is 1. The van der Waals surface area contributed by atoms with E-state index >= 15 is 0 Å². The van der Waals surface area contributed by atoms with Crippen molar-refractivity contribution in [3.05, 3.63) is 95.1 Å². The van der Waals surface area contributed by atoms with E-state index in [9.17, 15) is 10.2 Å². The lowest BCUT2D eigenvalue weighted by atomic mass is 9.87. The largest absolute Gasteiger partial charge is 0.508 e. The van der Waals surface area contributed by atoms with E-state index in [4.69, 9.17) is 5.41 Å². The highest BCUT2D eigenvalue weighted by Gasteiger charge is 2.17. The Balaban J connectivity index is 1.99. The molecule has 0 amide bonds. The zero-order valence-corrected chi connectivity index (χ0v) is 20.5. The fourth-order valence-corrected chi connectivity index (χ4v) is 3.75. The van der Waals surface area contributed by atoms with Gasteiger partial charge in [0, 0.05) is 11.6 Å². The lowest BCUT2D eigenvalue weighted by Crippen LogP contribution is -2.13. The molecular formula is C30H39NO2. The first-order valence-electron chi connectivity index (χ1n) is 11.9. The third-order valence-electron chi connectivity index (χ3n) is 5.86. The van der Waals surface area contributed by atoms with E-state index < -0.39 is 0 Å². The molecule has 0 spiro atoms. The summed E-state index contributed by atoms with van der Waals surface area (Å²) < 4.78 is 0. The van der Waals surface area contributed by atoms with Gasteiger partial charge in [0.25, 0.3) is 0 Å². The van der Waals surface area contributed by atoms with Gasteiger partial charge in [0.15, 0.2) is 0 Å². The minimum atomic E-state index is -0.115. The van der Waals surface area contributed by atoms with Gasteiger partial charge in [-0.3, -0.25) is 0 Å². The molecule has 0 fully saturated rings. The molecule has 3 N–H and O–H groups in total. The summed E-state index contributed by atoms with van der Waals surface area (Å²) in [5, 5.41) is 28.0. The average Bonchev–Trinajstić information content (AvgIpc) is 2.77. The molecule has 2 rings (SSSR count). The fraction of sp³-hybridized carbons (Fsp3) is 0.367. The maximum atomic E-state index is 9.66. The number of aromatic hydroxyl groups is 2. The normalized spacial score (nSPS) is 13.6. The number of hydrogen-bond acceptors (Lipinski definition) is 3. The van der Waals surface area contributed by atoms with Crippen LogP contribution in [-0.2, 0) is 6.42 Å². The molecule has 3 nitrogen and oxygen atoms in total. The zero-order valence-electron chi connectivity index (χ0n) is 20.5. The van der Waals surface area contributed by atoms with Gasteiger partial charge in [-0.05, 0) is 100 Å². The Kier molecular flexibility index (Phi) is 10.7. The highest BCUT2D eigenvalue weighted by molar-refractivity contribution is 5.98. The Bertz CT molecular complexity index is 961. The molecule has 2 aromatic carbocycles. The Labute approximate surface area is 199 Å². The number of hydrogen-bond donors (Lipinski definition) is 3. The summed E-state index contributed by atoms with van der Waals surface area (Å²) in [6, 6.07) is 14.3. The monoisotopic (exact) mass is 445 g/mol. The molecule has 2 atom stereocenters. The molecule has 0 aliphatic carbocycles. The van der Waals surface area contributed by atoms with Crippen LogP contribution in [0.1, 0.15) is 70.4 Å². The van der Waals surface area contributed by atoms with Crippen molar-refractivity contribution in [3.8, 4) is 11.5 Å². The lowest BCUT2D eigenvalue weighted by molar-refractivity contribution is 0.474. The number of benzene rings is 2. The molecule has 2 unspecified atom stereocenters. The summed E-state index contributed by atoms with van der Waals surface area (Å²) in [5.41, 5.74) is 5.43. The van der Waals surface area contributed by atoms with E-state index in [1.807, 2.05) is 30.3 Å². The van der Waals surface area contributed by atoms with Gasteiger partial charge in [0.2, 0.25) is 0 Å². The second-order valence-electron chi connectivity index (χ2n) is 9.25. The molecule has 0 saturated carbocycles. The molecule has 0 aliphatic heterocycles. The highest BCUT2D eigenvalue weighted by Crippen LogP contribution is 2.26. The predicted molar refractivity (Wildman–Crippen MR) is 140 cm³/mol. The van der Waals surface area contributed by atoms with Crippen LogP contribution in [0.3, 0.4) is 0 Å². The minimum absolute atomic E-state index is 0.115. The smallest absolute Gasteiger partial charge is 0.115 e. The van der Waals surface area contributed by atoms with Gasteiger partial charge in [0.1, 0.15) is 11.5 Å². The minimum Gasteiger partial charge on any atom is -0.508 e. The molecule has 0 saturated heterocycles. The summed E-state index contributed by atoms with van der Waals surface area (Å²) in [5.74, 6) is 0.740. The first-order valence-corrected chi connectivity index (χ1v) is 11.9. The predicted octanol–water partition coefficient (Wildman–Crippen LogP) is 8.11. The molecule has 0 bridgehead atoms. The SMILES string of the molecule is CC(C)=CCCC(C)=CCCC(C)C=CC(=N)C(Cc1ccc(O)cc1)c1ccc(O)cc1. The summed E-state index contributed by atoms with van der Waals surface area (Å²) in [4.78, 5) is 0. The van der Waals surface area contributed by atoms with Crippen LogP contribution < -0.4 is 0 Å². The van der Waals surface area contributed by atoms with Gasteiger partial charge in [-0.15, -0.1) is 0 Å². The van der Waals surface area contributed by atoms with Crippen molar-refractivity contribution in [1.82, 2.24) is 0 Å². The Hall–Kier alpha value is -3.07. The second-order valence-corrected chi connectivity index (χ2v) is 9.25. The van der Waals surface area contributed by atoms with Crippen LogP contribution in [0.25, 0.3) is 0 Å². The summed E-state index contributed by atoms with van der Waals surface area (Å²) >= 11 is 0. The van der Waals surface area contributed by atoms with Gasteiger partial charge < -0.3 is 15.6 Å². The molecule has 0 aromatic heterocycles. The van der Waals surface area contributed by atoms with Crippen molar-refractivity contribution in [3.63, 3.8) is 0 Å². The summed E-state index contributed by atoms with van der Waals surface area (Å²) in [6.45, 7) is 8.69. The van der Waals surface area contributed by atoms with E-state index in [0.717, 1.165) is 36.8 Å². The number of phenols is 2. The summed E-state index contributed by atoms with van der Waals surface area (Å²) in [6.07, 6.45) is 13.7. The van der Waals surface area contributed by atoms with Crippen LogP contribution >= 0.6 is 0 Å². The Morgan fingerprint density at radius 3 is 2.09 bits per heavy atom. The number of rotatable bonds is 12. The van der Waals surface area contributed by atoms with E-state index in [-0.39, 0.29) is 17.4 Å². The third-order valence-corrected chi connectivity index (χ3v) is 5.86. The molecule has 0 radical (unpaired) electrons. The molecule has 176 valence electrons. The molecule has 0 heterocycles. The standard InChI is InChI=1S/C30H39NO2/c1-22(2)7-5-8-23(3)9-6-10-24(4)11-20-30(31)29(26-14-18-28(33)19-15-26)21-25-12-16-27(32)17-13-25/h7,9,11-20,24,29,31-33H,5-6,8,10,21H2,1-4H3. The molecular weight excluding hydrogens is 406 g/mol. The maximum Gasteiger partial charge on any atom is 0.115 e. The lowest BCUT2D eigenvalue weighted by Gasteiger charge is -2.18. The van der Waals surface area contributed by atoms with Crippen molar-refractivity contribution in [2.24, 2.45) is 5.92 Å². The third kappa shape index (κ3) is 9.95. The van der Waals surface area contributed by atoms with Crippen LogP contribution in [0.4, 0.5) is 0 Å². The fourth-order valence-electron chi connectivity index (χ4n) is 3.75. The van der Waals surface area contributed by atoms with Crippen molar-refractivity contribution < 1.29 is 10.2 Å². The first kappa shape index (κ1) is 26.2. The Morgan fingerprint density at radius 2 is 1.48 bits per heavy atom. The molecule has 2 aromatic rings. The van der Waals surface area contributed by atoms with E-state index in [0.29, 0.717) is 18.1 Å². The number of allylic oxidation sites excluding steroid dienone is 6. The summed E-state index contributed by atoms with van der Waals surface area (Å²) in [7, 11) is 0. The average molecular weight is 446 g/mol. The Morgan fingerprint density at radius 1 is 0.879 bits per heavy atom. The number of phenolic OH excluding ortho intramolecular Hbond substituents is 2. The molecule has 0 aliphatic rings. The van der Waals surface area contributed by atoms with E-state index in [1.54, 1.807) is 24.3 Å². The second kappa shape index (κ2) is 13.5. The van der Waals surface area contributed by atoms with Crippen LogP contribution in [-0.4, -0.2) is 15.9 Å². The topological polar surface area (TPSA) is 64.3 Å². The maximum absolute atomic E-state index is 9.66. The van der Waals surface area contributed by atoms with Crippen molar-refractivity contribution >= 4 is 5.71 Å². The van der Waals surface area contributed by atoms with Gasteiger partial charge in [-0.1, -0.05) is 60.6 Å². The van der Waals surface area contributed by atoms with Gasteiger partial charge >= 0.3 is 0 Å². The molecule has 33 heavy (non-hydrogen) atoms. The van der Waals surface area contributed by atoms with E-state index in [1.165, 1.54) is 11.1 Å². The molecule has 3 heteroatoms. The van der Waals surface area contributed by atoms with Crippen LogP contribution in [0.2, 0.25) is 0 Å². The van der Waals surface area contributed by atoms with Crippen molar-refractivity contribution in [2.45, 2.75) is 65.7 Å². The van der Waals surface area contributed by atoms with Crippen molar-refractivity contribution in [1.29, 1.82) is 5.41 Å². The highest BCUT2D eigenvalue weighted by atomic mass is 16.3. The van der Waals surface area contributed by atoms with Gasteiger partial charge in [0.05, 0.1) is 0 Å². The van der Waals surface area contributed by atoms with Gasteiger partial charge in [-0.2, -0.15) is 0 Å².